The molecule has 4 heteroatoms. The van der Waals surface area contributed by atoms with E-state index >= 15 is 0 Å². The summed E-state index contributed by atoms with van der Waals surface area (Å²) < 4.78 is 0. The lowest BCUT2D eigenvalue weighted by atomic mass is 10.0. The Bertz CT molecular complexity index is 437. The number of aryl methyl sites for hydroxylation is 1. The molecule has 104 valence electrons. The van der Waals surface area contributed by atoms with E-state index in [0.717, 1.165) is 11.1 Å². The maximum Gasteiger partial charge on any atom is 0.326 e. The van der Waals surface area contributed by atoms with Crippen LogP contribution in [0, 0.1) is 12.8 Å². The van der Waals surface area contributed by atoms with Crippen LogP contribution in [0.3, 0.4) is 0 Å². The van der Waals surface area contributed by atoms with Gasteiger partial charge < -0.3 is 10.4 Å². The molecule has 0 aliphatic heterocycles. The number of hydrogen-bond acceptors (Lipinski definition) is 2. The smallest absolute Gasteiger partial charge is 0.326 e. The fraction of sp³-hybridized carbons (Fsp3) is 0.467. The SMILES string of the molecule is Cc1ccc(C[C@H](NC(=O)CC(C)C)C(=O)O)cc1. The van der Waals surface area contributed by atoms with Gasteiger partial charge in [0.15, 0.2) is 0 Å². The van der Waals surface area contributed by atoms with Crippen LogP contribution < -0.4 is 5.32 Å². The third-order valence-electron chi connectivity index (χ3n) is 2.79. The van der Waals surface area contributed by atoms with Gasteiger partial charge in [-0.3, -0.25) is 4.79 Å². The first-order valence-electron chi connectivity index (χ1n) is 6.46. The number of rotatable bonds is 6. The highest BCUT2D eigenvalue weighted by atomic mass is 16.4. The van der Waals surface area contributed by atoms with Crippen LogP contribution >= 0.6 is 0 Å². The molecule has 0 spiro atoms. The number of hydrogen-bond donors (Lipinski definition) is 2. The minimum absolute atomic E-state index is 0.213. The van der Waals surface area contributed by atoms with Gasteiger partial charge in [0.25, 0.3) is 0 Å². The highest BCUT2D eigenvalue weighted by Crippen LogP contribution is 2.07. The summed E-state index contributed by atoms with van der Waals surface area (Å²) >= 11 is 0. The van der Waals surface area contributed by atoms with Crippen LogP contribution in [0.1, 0.15) is 31.4 Å². The zero-order valence-electron chi connectivity index (χ0n) is 11.6. The van der Waals surface area contributed by atoms with E-state index in [1.807, 2.05) is 45.0 Å². The van der Waals surface area contributed by atoms with Crippen LogP contribution in [0.25, 0.3) is 0 Å². The normalized spacial score (nSPS) is 12.2. The van der Waals surface area contributed by atoms with Gasteiger partial charge in [0.1, 0.15) is 6.04 Å². The fourth-order valence-corrected chi connectivity index (χ4v) is 1.78. The Labute approximate surface area is 113 Å². The van der Waals surface area contributed by atoms with Gasteiger partial charge in [-0.2, -0.15) is 0 Å². The number of carboxylic acid groups (broad SMARTS) is 1. The van der Waals surface area contributed by atoms with E-state index in [4.69, 9.17) is 5.11 Å². The lowest BCUT2D eigenvalue weighted by Crippen LogP contribution is -2.42. The summed E-state index contributed by atoms with van der Waals surface area (Å²) in [4.78, 5) is 22.8. The molecule has 0 aliphatic rings. The Balaban J connectivity index is 2.65. The molecule has 0 fully saturated rings. The second-order valence-corrected chi connectivity index (χ2v) is 5.25. The van der Waals surface area contributed by atoms with Gasteiger partial charge in [-0.05, 0) is 18.4 Å². The van der Waals surface area contributed by atoms with Crippen LogP contribution in [0.15, 0.2) is 24.3 Å². The molecule has 1 amide bonds. The fourth-order valence-electron chi connectivity index (χ4n) is 1.78. The number of carbonyl (C=O) groups is 2. The molecule has 0 saturated heterocycles. The molecule has 0 heterocycles. The number of carbonyl (C=O) groups excluding carboxylic acids is 1. The first kappa shape index (κ1) is 15.2. The van der Waals surface area contributed by atoms with Crippen LogP contribution in [0.5, 0.6) is 0 Å². The van der Waals surface area contributed by atoms with Gasteiger partial charge >= 0.3 is 5.97 Å². The van der Waals surface area contributed by atoms with Gasteiger partial charge in [-0.15, -0.1) is 0 Å². The second kappa shape index (κ2) is 6.92. The standard InChI is InChI=1S/C15H21NO3/c1-10(2)8-14(17)16-13(15(18)19)9-12-6-4-11(3)5-7-12/h4-7,10,13H,8-9H2,1-3H3,(H,16,17)(H,18,19)/t13-/m0/s1. The highest BCUT2D eigenvalue weighted by molar-refractivity contribution is 5.83. The quantitative estimate of drug-likeness (QED) is 0.826. The van der Waals surface area contributed by atoms with Crippen molar-refractivity contribution in [2.45, 2.75) is 39.7 Å². The molecular weight excluding hydrogens is 242 g/mol. The van der Waals surface area contributed by atoms with Gasteiger partial charge in [0.05, 0.1) is 0 Å². The molecular formula is C15H21NO3. The summed E-state index contributed by atoms with van der Waals surface area (Å²) in [5.41, 5.74) is 2.03. The number of nitrogens with one attached hydrogen (secondary N) is 1. The summed E-state index contributed by atoms with van der Waals surface area (Å²) in [6.07, 6.45) is 0.650. The number of aliphatic carboxylic acids is 1. The molecule has 4 nitrogen and oxygen atoms in total. The van der Waals surface area contributed by atoms with Gasteiger partial charge in [0.2, 0.25) is 5.91 Å². The van der Waals surface area contributed by atoms with Crippen LogP contribution in [0.4, 0.5) is 0 Å². The van der Waals surface area contributed by atoms with Gasteiger partial charge in [-0.1, -0.05) is 43.7 Å². The van der Waals surface area contributed by atoms with Crippen molar-refractivity contribution in [3.05, 3.63) is 35.4 Å². The number of amides is 1. The van der Waals surface area contributed by atoms with Crippen LogP contribution in [-0.2, 0) is 16.0 Å². The average Bonchev–Trinajstić information content (AvgIpc) is 2.29. The summed E-state index contributed by atoms with van der Waals surface area (Å²) in [6.45, 7) is 5.83. The van der Waals surface area contributed by atoms with E-state index in [9.17, 15) is 9.59 Å². The van der Waals surface area contributed by atoms with Crippen LogP contribution in [-0.4, -0.2) is 23.0 Å². The first-order chi connectivity index (χ1) is 8.88. The topological polar surface area (TPSA) is 66.4 Å². The molecule has 0 saturated carbocycles. The van der Waals surface area contributed by atoms with E-state index in [-0.39, 0.29) is 11.8 Å². The molecule has 0 aliphatic carbocycles. The average molecular weight is 263 g/mol. The molecule has 0 radical (unpaired) electrons. The molecule has 2 N–H and O–H groups in total. The lowest BCUT2D eigenvalue weighted by molar-refractivity contribution is -0.141. The minimum Gasteiger partial charge on any atom is -0.480 e. The lowest BCUT2D eigenvalue weighted by Gasteiger charge is -2.15. The zero-order valence-corrected chi connectivity index (χ0v) is 11.6. The zero-order chi connectivity index (χ0) is 14.4. The summed E-state index contributed by atoms with van der Waals surface area (Å²) in [6, 6.07) is 6.78. The van der Waals surface area contributed by atoms with Crippen molar-refractivity contribution in [3.8, 4) is 0 Å². The van der Waals surface area contributed by atoms with Crippen molar-refractivity contribution in [3.63, 3.8) is 0 Å². The molecule has 1 atom stereocenters. The molecule has 0 aromatic heterocycles. The van der Waals surface area contributed by atoms with Gasteiger partial charge in [0, 0.05) is 12.8 Å². The minimum atomic E-state index is -1.00. The molecule has 1 aromatic rings. The Morgan fingerprint density at radius 3 is 2.26 bits per heavy atom. The summed E-state index contributed by atoms with van der Waals surface area (Å²) in [7, 11) is 0. The van der Waals surface area contributed by atoms with E-state index in [0.29, 0.717) is 12.8 Å². The molecule has 1 rings (SSSR count). The van der Waals surface area contributed by atoms with Crippen molar-refractivity contribution in [2.75, 3.05) is 0 Å². The maximum absolute atomic E-state index is 11.6. The first-order valence-corrected chi connectivity index (χ1v) is 6.46. The van der Waals surface area contributed by atoms with Crippen molar-refractivity contribution < 1.29 is 14.7 Å². The Morgan fingerprint density at radius 2 is 1.79 bits per heavy atom. The molecule has 0 unspecified atom stereocenters. The predicted octanol–water partition coefficient (Wildman–Crippen LogP) is 2.15. The van der Waals surface area contributed by atoms with E-state index in [1.165, 1.54) is 0 Å². The third kappa shape index (κ3) is 5.55. The van der Waals surface area contributed by atoms with Crippen LogP contribution in [0.2, 0.25) is 0 Å². The van der Waals surface area contributed by atoms with Gasteiger partial charge in [-0.25, -0.2) is 4.79 Å². The third-order valence-corrected chi connectivity index (χ3v) is 2.79. The molecule has 19 heavy (non-hydrogen) atoms. The van der Waals surface area contributed by atoms with E-state index < -0.39 is 12.0 Å². The van der Waals surface area contributed by atoms with Crippen molar-refractivity contribution in [1.82, 2.24) is 5.32 Å². The number of benzene rings is 1. The van der Waals surface area contributed by atoms with Crippen molar-refractivity contribution in [1.29, 1.82) is 0 Å². The highest BCUT2D eigenvalue weighted by Gasteiger charge is 2.20. The van der Waals surface area contributed by atoms with E-state index in [1.54, 1.807) is 0 Å². The molecule has 0 bridgehead atoms. The Kier molecular flexibility index (Phi) is 5.55. The monoisotopic (exact) mass is 263 g/mol. The van der Waals surface area contributed by atoms with Crippen molar-refractivity contribution in [2.24, 2.45) is 5.92 Å². The Hall–Kier alpha value is -1.84. The number of carboxylic acids is 1. The second-order valence-electron chi connectivity index (χ2n) is 5.25. The molecule has 1 aromatic carbocycles. The largest absolute Gasteiger partial charge is 0.480 e. The summed E-state index contributed by atoms with van der Waals surface area (Å²) in [5, 5.41) is 11.7. The van der Waals surface area contributed by atoms with Crippen molar-refractivity contribution >= 4 is 11.9 Å². The Morgan fingerprint density at radius 1 is 1.21 bits per heavy atom. The predicted molar refractivity (Wildman–Crippen MR) is 73.9 cm³/mol. The summed E-state index contributed by atoms with van der Waals surface area (Å²) in [5.74, 6) is -0.999. The maximum atomic E-state index is 11.6. The van der Waals surface area contributed by atoms with E-state index in [2.05, 4.69) is 5.32 Å².